The number of carbonyl (C=O) groups excluding carboxylic acids is 2. The molecule has 23 heavy (non-hydrogen) atoms. The van der Waals surface area contributed by atoms with E-state index in [1.54, 1.807) is 7.11 Å². The van der Waals surface area contributed by atoms with E-state index in [9.17, 15) is 9.59 Å². The molecular formula is C18H26N2O3. The highest BCUT2D eigenvalue weighted by molar-refractivity contribution is 5.87. The molecule has 2 N–H and O–H groups in total. The van der Waals surface area contributed by atoms with Gasteiger partial charge in [-0.3, -0.25) is 9.59 Å². The number of amides is 2. The summed E-state index contributed by atoms with van der Waals surface area (Å²) in [7, 11) is 1.64. The summed E-state index contributed by atoms with van der Waals surface area (Å²) in [5, 5.41) is 5.78. The van der Waals surface area contributed by atoms with E-state index in [2.05, 4.69) is 10.6 Å². The highest BCUT2D eigenvalue weighted by Crippen LogP contribution is 2.27. The van der Waals surface area contributed by atoms with Crippen molar-refractivity contribution in [1.82, 2.24) is 10.6 Å². The topological polar surface area (TPSA) is 67.4 Å². The Kier molecular flexibility index (Phi) is 6.44. The maximum atomic E-state index is 12.4. The molecule has 2 rings (SSSR count). The summed E-state index contributed by atoms with van der Waals surface area (Å²) in [5.74, 6) is 0.873. The van der Waals surface area contributed by atoms with Crippen LogP contribution < -0.4 is 15.4 Å². The Bertz CT molecular complexity index is 522. The average molecular weight is 318 g/mol. The first-order valence-corrected chi connectivity index (χ1v) is 8.28. The molecule has 0 aromatic heterocycles. The van der Waals surface area contributed by atoms with Crippen molar-refractivity contribution < 1.29 is 14.3 Å². The molecule has 0 saturated heterocycles. The number of nitrogens with one attached hydrogen (secondary N) is 2. The fourth-order valence-electron chi connectivity index (χ4n) is 3.14. The van der Waals surface area contributed by atoms with Crippen molar-refractivity contribution in [1.29, 1.82) is 0 Å². The van der Waals surface area contributed by atoms with Gasteiger partial charge in [0.25, 0.3) is 0 Å². The van der Waals surface area contributed by atoms with E-state index >= 15 is 0 Å². The van der Waals surface area contributed by atoms with Gasteiger partial charge in [-0.15, -0.1) is 0 Å². The molecule has 1 aromatic rings. The van der Waals surface area contributed by atoms with E-state index in [0.717, 1.165) is 43.4 Å². The first-order chi connectivity index (χ1) is 11.1. The molecule has 5 nitrogen and oxygen atoms in total. The molecule has 0 aliphatic heterocycles. The van der Waals surface area contributed by atoms with Crippen molar-refractivity contribution in [2.24, 2.45) is 5.92 Å². The van der Waals surface area contributed by atoms with Gasteiger partial charge in [0.1, 0.15) is 11.8 Å². The van der Waals surface area contributed by atoms with Gasteiger partial charge in [-0.1, -0.05) is 25.0 Å². The van der Waals surface area contributed by atoms with Crippen LogP contribution in [0.5, 0.6) is 5.75 Å². The Hall–Kier alpha value is -2.04. The standard InChI is InChI=1S/C18H26N2O3/c1-13(21)20-17(15-5-3-4-6-15)18(22)19-12-11-14-7-9-16(23-2)10-8-14/h7-10,15,17H,3-6,11-12H2,1-2H3,(H,19,22)(H,20,21)/t17-/m1/s1. The van der Waals surface area contributed by atoms with E-state index in [4.69, 9.17) is 4.74 Å². The summed E-state index contributed by atoms with van der Waals surface area (Å²) in [6, 6.07) is 7.41. The Morgan fingerprint density at radius 2 is 1.87 bits per heavy atom. The lowest BCUT2D eigenvalue weighted by Gasteiger charge is -2.23. The molecule has 1 aliphatic carbocycles. The third kappa shape index (κ3) is 5.27. The second-order valence-corrected chi connectivity index (χ2v) is 6.11. The van der Waals surface area contributed by atoms with Gasteiger partial charge >= 0.3 is 0 Å². The Morgan fingerprint density at radius 3 is 2.43 bits per heavy atom. The Labute approximate surface area is 137 Å². The van der Waals surface area contributed by atoms with Crippen molar-refractivity contribution in [2.45, 2.75) is 45.1 Å². The number of hydrogen-bond donors (Lipinski definition) is 2. The molecule has 2 amide bonds. The molecule has 0 heterocycles. The van der Waals surface area contributed by atoms with Crippen LogP contribution in [0.25, 0.3) is 0 Å². The summed E-state index contributed by atoms with van der Waals surface area (Å²) in [4.78, 5) is 23.8. The summed E-state index contributed by atoms with van der Waals surface area (Å²) in [6.07, 6.45) is 5.06. The summed E-state index contributed by atoms with van der Waals surface area (Å²) in [6.45, 7) is 2.03. The monoisotopic (exact) mass is 318 g/mol. The smallest absolute Gasteiger partial charge is 0.242 e. The number of carbonyl (C=O) groups is 2. The molecule has 0 radical (unpaired) electrons. The Balaban J connectivity index is 1.83. The molecule has 0 spiro atoms. The highest BCUT2D eigenvalue weighted by atomic mass is 16.5. The van der Waals surface area contributed by atoms with Crippen LogP contribution in [0.3, 0.4) is 0 Å². The van der Waals surface area contributed by atoms with E-state index in [-0.39, 0.29) is 17.7 Å². The van der Waals surface area contributed by atoms with Crippen molar-refractivity contribution in [3.8, 4) is 5.75 Å². The molecular weight excluding hydrogens is 292 g/mol. The fourth-order valence-corrected chi connectivity index (χ4v) is 3.14. The summed E-state index contributed by atoms with van der Waals surface area (Å²) in [5.41, 5.74) is 1.14. The minimum Gasteiger partial charge on any atom is -0.497 e. The van der Waals surface area contributed by atoms with Gasteiger partial charge in [0, 0.05) is 13.5 Å². The maximum absolute atomic E-state index is 12.4. The zero-order valence-electron chi connectivity index (χ0n) is 13.9. The predicted molar refractivity (Wildman–Crippen MR) is 89.3 cm³/mol. The quantitative estimate of drug-likeness (QED) is 0.808. The maximum Gasteiger partial charge on any atom is 0.242 e. The summed E-state index contributed by atoms with van der Waals surface area (Å²) >= 11 is 0. The number of rotatable bonds is 7. The number of methoxy groups -OCH3 is 1. The molecule has 126 valence electrons. The molecule has 1 aliphatic rings. The van der Waals surface area contributed by atoms with Gasteiger partial charge in [0.15, 0.2) is 0 Å². The second kappa shape index (κ2) is 8.56. The largest absolute Gasteiger partial charge is 0.497 e. The minimum absolute atomic E-state index is 0.0689. The zero-order chi connectivity index (χ0) is 16.7. The number of hydrogen-bond acceptors (Lipinski definition) is 3. The lowest BCUT2D eigenvalue weighted by atomic mass is 9.97. The lowest BCUT2D eigenvalue weighted by Crippen LogP contribution is -2.50. The molecule has 0 bridgehead atoms. The normalized spacial score (nSPS) is 15.9. The van der Waals surface area contributed by atoms with Gasteiger partial charge < -0.3 is 15.4 Å². The molecule has 1 atom stereocenters. The van der Waals surface area contributed by atoms with Crippen LogP contribution in [0.1, 0.15) is 38.2 Å². The van der Waals surface area contributed by atoms with Crippen molar-refractivity contribution in [3.63, 3.8) is 0 Å². The molecule has 1 fully saturated rings. The van der Waals surface area contributed by atoms with Crippen LogP contribution in [0.15, 0.2) is 24.3 Å². The second-order valence-electron chi connectivity index (χ2n) is 6.11. The first-order valence-electron chi connectivity index (χ1n) is 8.28. The molecule has 1 aromatic carbocycles. The molecule has 0 unspecified atom stereocenters. The third-order valence-electron chi connectivity index (χ3n) is 4.38. The van der Waals surface area contributed by atoms with Gasteiger partial charge in [-0.25, -0.2) is 0 Å². The van der Waals surface area contributed by atoms with Crippen molar-refractivity contribution >= 4 is 11.8 Å². The predicted octanol–water partition coefficient (Wildman–Crippen LogP) is 2.05. The highest BCUT2D eigenvalue weighted by Gasteiger charge is 2.30. The Morgan fingerprint density at radius 1 is 1.22 bits per heavy atom. The van der Waals surface area contributed by atoms with Crippen LogP contribution in [-0.4, -0.2) is 31.5 Å². The van der Waals surface area contributed by atoms with Crippen LogP contribution in [0.2, 0.25) is 0 Å². The van der Waals surface area contributed by atoms with Crippen molar-refractivity contribution in [3.05, 3.63) is 29.8 Å². The SMILES string of the molecule is COc1ccc(CCNC(=O)[C@H](NC(C)=O)C2CCCC2)cc1. The van der Waals surface area contributed by atoms with Crippen LogP contribution >= 0.6 is 0 Å². The van der Waals surface area contributed by atoms with Gasteiger partial charge in [0.05, 0.1) is 7.11 Å². The average Bonchev–Trinajstić information content (AvgIpc) is 3.07. The summed E-state index contributed by atoms with van der Waals surface area (Å²) < 4.78 is 5.13. The molecule has 1 saturated carbocycles. The minimum atomic E-state index is -0.397. The lowest BCUT2D eigenvalue weighted by molar-refractivity contribution is -0.129. The third-order valence-corrected chi connectivity index (χ3v) is 4.38. The van der Waals surface area contributed by atoms with Gasteiger partial charge in [-0.05, 0) is 42.9 Å². The van der Waals surface area contributed by atoms with Crippen LogP contribution in [0, 0.1) is 5.92 Å². The van der Waals surface area contributed by atoms with E-state index < -0.39 is 6.04 Å². The fraction of sp³-hybridized carbons (Fsp3) is 0.556. The molecule has 5 heteroatoms. The first kappa shape index (κ1) is 17.3. The van der Waals surface area contributed by atoms with E-state index in [0.29, 0.717) is 6.54 Å². The van der Waals surface area contributed by atoms with Crippen molar-refractivity contribution in [2.75, 3.05) is 13.7 Å². The van der Waals surface area contributed by atoms with Gasteiger partial charge in [0.2, 0.25) is 11.8 Å². The number of benzene rings is 1. The van der Waals surface area contributed by atoms with Gasteiger partial charge in [-0.2, -0.15) is 0 Å². The number of ether oxygens (including phenoxy) is 1. The van der Waals surface area contributed by atoms with Crippen LogP contribution in [0.4, 0.5) is 0 Å². The van der Waals surface area contributed by atoms with E-state index in [1.165, 1.54) is 6.92 Å². The van der Waals surface area contributed by atoms with Crippen LogP contribution in [-0.2, 0) is 16.0 Å². The zero-order valence-corrected chi connectivity index (χ0v) is 13.9. The van der Waals surface area contributed by atoms with E-state index in [1.807, 2.05) is 24.3 Å².